The smallest absolute Gasteiger partial charge is 0.138 e. The molecule has 2 aromatic heterocycles. The number of hydrogen-bond donors (Lipinski definition) is 0. The van der Waals surface area contributed by atoms with Gasteiger partial charge in [0.2, 0.25) is 0 Å². The molecule has 2 heterocycles. The van der Waals surface area contributed by atoms with Crippen molar-refractivity contribution in [1.29, 1.82) is 0 Å². The molecule has 0 bridgehead atoms. The Labute approximate surface area is 91.0 Å². The Balaban J connectivity index is 2.41. The minimum absolute atomic E-state index is 0.864. The number of hydrogen-bond acceptors (Lipinski definition) is 1. The van der Waals surface area contributed by atoms with Crippen molar-refractivity contribution in [2.24, 2.45) is 0 Å². The van der Waals surface area contributed by atoms with E-state index in [0.717, 1.165) is 11.3 Å². The van der Waals surface area contributed by atoms with E-state index in [9.17, 15) is 0 Å². The van der Waals surface area contributed by atoms with Crippen molar-refractivity contribution in [3.05, 3.63) is 36.3 Å². The van der Waals surface area contributed by atoms with Crippen LogP contribution >= 0.6 is 0 Å². The lowest BCUT2D eigenvalue weighted by molar-refractivity contribution is 1.19. The average Bonchev–Trinajstić information content (AvgIpc) is 2.56. The van der Waals surface area contributed by atoms with Crippen LogP contribution in [0.4, 0.5) is 0 Å². The lowest BCUT2D eigenvalue weighted by atomic mass is 10.5. The third-order valence-electron chi connectivity index (χ3n) is 1.93. The largest absolute Gasteiger partial charge is 0.306 e. The Bertz CT molecular complexity index is 505. The van der Waals surface area contributed by atoms with Crippen LogP contribution in [0.15, 0.2) is 30.6 Å². The molecule has 76 valence electrons. The van der Waals surface area contributed by atoms with Gasteiger partial charge in [0.1, 0.15) is 19.4 Å². The maximum absolute atomic E-state index is 4.43. The van der Waals surface area contributed by atoms with Crippen LogP contribution < -0.4 is 0 Å². The lowest BCUT2D eigenvalue weighted by Gasteiger charge is -2.02. The predicted molar refractivity (Wildman–Crippen MR) is 65.4 cm³/mol. The Kier molecular flexibility index (Phi) is 2.37. The molecule has 0 radical (unpaired) electrons. The summed E-state index contributed by atoms with van der Waals surface area (Å²) in [5, 5.41) is 0. The van der Waals surface area contributed by atoms with E-state index in [2.05, 4.69) is 36.1 Å². The number of nitrogens with zero attached hydrogens (tertiary/aromatic N) is 2. The van der Waals surface area contributed by atoms with Crippen LogP contribution in [0.2, 0.25) is 19.6 Å². The fourth-order valence-corrected chi connectivity index (χ4v) is 1.75. The monoisotopic (exact) mass is 214 g/mol. The predicted octanol–water partition coefficient (Wildman–Crippen LogP) is 2.56. The summed E-state index contributed by atoms with van der Waals surface area (Å²) >= 11 is 0. The van der Waals surface area contributed by atoms with Gasteiger partial charge < -0.3 is 4.40 Å². The fraction of sp³-hybridized carbons (Fsp3) is 0.250. The molecule has 3 heteroatoms. The zero-order valence-electron chi connectivity index (χ0n) is 9.28. The van der Waals surface area contributed by atoms with Crippen LogP contribution in [-0.4, -0.2) is 17.5 Å². The first-order chi connectivity index (χ1) is 7.04. The molecule has 0 aliphatic heterocycles. The van der Waals surface area contributed by atoms with Gasteiger partial charge in [-0.25, -0.2) is 4.98 Å². The van der Waals surface area contributed by atoms with Crippen LogP contribution in [0, 0.1) is 11.5 Å². The van der Waals surface area contributed by atoms with Crippen LogP contribution in [0.1, 0.15) is 5.69 Å². The topological polar surface area (TPSA) is 17.3 Å². The summed E-state index contributed by atoms with van der Waals surface area (Å²) in [6.45, 7) is 6.70. The summed E-state index contributed by atoms with van der Waals surface area (Å²) in [6.07, 6.45) is 3.96. The first-order valence-corrected chi connectivity index (χ1v) is 8.51. The van der Waals surface area contributed by atoms with Crippen molar-refractivity contribution >= 4 is 13.7 Å². The Morgan fingerprint density at radius 2 is 2.07 bits per heavy atom. The molecule has 0 amide bonds. The SMILES string of the molecule is C[Si](C)(C)C#Cc1cn2ccccc2n1. The van der Waals surface area contributed by atoms with E-state index in [1.165, 1.54) is 0 Å². The molecule has 0 saturated carbocycles. The highest BCUT2D eigenvalue weighted by molar-refractivity contribution is 6.83. The molecule has 0 aliphatic carbocycles. The van der Waals surface area contributed by atoms with Gasteiger partial charge in [-0.2, -0.15) is 0 Å². The number of rotatable bonds is 0. The van der Waals surface area contributed by atoms with Gasteiger partial charge in [-0.3, -0.25) is 0 Å². The molecule has 0 N–H and O–H groups in total. The van der Waals surface area contributed by atoms with E-state index in [1.807, 2.05) is 35.0 Å². The molecule has 2 aromatic rings. The highest BCUT2D eigenvalue weighted by Gasteiger charge is 2.07. The number of aromatic nitrogens is 2. The van der Waals surface area contributed by atoms with Gasteiger partial charge in [0.05, 0.1) is 0 Å². The van der Waals surface area contributed by atoms with E-state index >= 15 is 0 Å². The molecular weight excluding hydrogens is 200 g/mol. The van der Waals surface area contributed by atoms with E-state index in [4.69, 9.17) is 0 Å². The normalized spacial score (nSPS) is 11.1. The Morgan fingerprint density at radius 3 is 2.73 bits per heavy atom. The standard InChI is InChI=1S/C12H14N2Si/c1-15(2,3)9-7-11-10-14-8-5-4-6-12(14)13-11/h4-6,8,10H,1-3H3. The van der Waals surface area contributed by atoms with Crippen LogP contribution in [-0.2, 0) is 0 Å². The van der Waals surface area contributed by atoms with Crippen LogP contribution in [0.5, 0.6) is 0 Å². The molecule has 0 fully saturated rings. The molecule has 0 atom stereocenters. The van der Waals surface area contributed by atoms with Crippen molar-refractivity contribution in [3.63, 3.8) is 0 Å². The number of fused-ring (bicyclic) bond motifs is 1. The molecule has 0 aromatic carbocycles. The third kappa shape index (κ3) is 2.48. The van der Waals surface area contributed by atoms with Crippen molar-refractivity contribution in [3.8, 4) is 11.5 Å². The second-order valence-corrected chi connectivity index (χ2v) is 9.34. The van der Waals surface area contributed by atoms with Crippen LogP contribution in [0.25, 0.3) is 5.65 Å². The second kappa shape index (κ2) is 3.56. The highest BCUT2D eigenvalue weighted by Crippen LogP contribution is 2.04. The zero-order chi connectivity index (χ0) is 10.9. The van der Waals surface area contributed by atoms with Gasteiger partial charge in [-0.05, 0) is 12.1 Å². The molecule has 0 saturated heterocycles. The van der Waals surface area contributed by atoms with Gasteiger partial charge in [-0.1, -0.05) is 31.6 Å². The highest BCUT2D eigenvalue weighted by atomic mass is 28.3. The molecule has 2 rings (SSSR count). The minimum atomic E-state index is -1.30. The van der Waals surface area contributed by atoms with Gasteiger partial charge in [-0.15, -0.1) is 5.54 Å². The summed E-state index contributed by atoms with van der Waals surface area (Å²) in [6, 6.07) is 5.96. The Morgan fingerprint density at radius 1 is 1.27 bits per heavy atom. The first-order valence-electron chi connectivity index (χ1n) is 5.01. The maximum atomic E-state index is 4.43. The molecule has 15 heavy (non-hydrogen) atoms. The average molecular weight is 214 g/mol. The van der Waals surface area contributed by atoms with E-state index in [0.29, 0.717) is 0 Å². The van der Waals surface area contributed by atoms with Crippen molar-refractivity contribution in [2.75, 3.05) is 0 Å². The lowest BCUT2D eigenvalue weighted by Crippen LogP contribution is -2.16. The summed E-state index contributed by atoms with van der Waals surface area (Å²) in [5.74, 6) is 3.15. The third-order valence-corrected chi connectivity index (χ3v) is 2.80. The Hall–Kier alpha value is -1.53. The first kappa shape index (κ1) is 10.0. The van der Waals surface area contributed by atoms with Crippen LogP contribution in [0.3, 0.4) is 0 Å². The van der Waals surface area contributed by atoms with E-state index in [1.54, 1.807) is 0 Å². The fourth-order valence-electron chi connectivity index (χ4n) is 1.25. The summed E-state index contributed by atoms with van der Waals surface area (Å²) in [7, 11) is -1.30. The summed E-state index contributed by atoms with van der Waals surface area (Å²) in [4.78, 5) is 4.43. The van der Waals surface area contributed by atoms with E-state index < -0.39 is 8.07 Å². The molecule has 2 nitrogen and oxygen atoms in total. The van der Waals surface area contributed by atoms with Crippen molar-refractivity contribution < 1.29 is 0 Å². The van der Waals surface area contributed by atoms with Crippen molar-refractivity contribution in [1.82, 2.24) is 9.38 Å². The van der Waals surface area contributed by atoms with Crippen molar-refractivity contribution in [2.45, 2.75) is 19.6 Å². The number of imidazole rings is 1. The minimum Gasteiger partial charge on any atom is -0.306 e. The molecular formula is C12H14N2Si. The summed E-state index contributed by atoms with van der Waals surface area (Å²) < 4.78 is 1.99. The quantitative estimate of drug-likeness (QED) is 0.486. The zero-order valence-corrected chi connectivity index (χ0v) is 10.3. The summed E-state index contributed by atoms with van der Waals surface area (Å²) in [5.41, 5.74) is 5.13. The van der Waals surface area contributed by atoms with Gasteiger partial charge in [0.25, 0.3) is 0 Å². The van der Waals surface area contributed by atoms with Gasteiger partial charge in [0, 0.05) is 12.4 Å². The van der Waals surface area contributed by atoms with Gasteiger partial charge in [0.15, 0.2) is 0 Å². The molecule has 0 unspecified atom stereocenters. The van der Waals surface area contributed by atoms with E-state index in [-0.39, 0.29) is 0 Å². The second-order valence-electron chi connectivity index (χ2n) is 4.59. The van der Waals surface area contributed by atoms with Gasteiger partial charge >= 0.3 is 0 Å². The molecule has 0 aliphatic rings. The molecule has 0 spiro atoms. The maximum Gasteiger partial charge on any atom is 0.138 e. The number of pyridine rings is 1.